The summed E-state index contributed by atoms with van der Waals surface area (Å²) >= 11 is 0. The molecule has 0 saturated carbocycles. The number of likely N-dealkylation sites (N-methyl/N-ethyl adjacent to an activating group) is 1. The van der Waals surface area contributed by atoms with Crippen LogP contribution in [-0.4, -0.2) is 50.4 Å². The third-order valence-corrected chi connectivity index (χ3v) is 6.09. The Hall–Kier alpha value is -1.79. The van der Waals surface area contributed by atoms with E-state index in [0.717, 1.165) is 42.9 Å². The highest BCUT2D eigenvalue weighted by Gasteiger charge is 2.38. The van der Waals surface area contributed by atoms with Gasteiger partial charge in [-0.15, -0.1) is 0 Å². The third kappa shape index (κ3) is 3.41. The van der Waals surface area contributed by atoms with Crippen molar-refractivity contribution < 1.29 is 23.7 Å². The fourth-order valence-corrected chi connectivity index (χ4v) is 4.65. The first-order valence-electron chi connectivity index (χ1n) is 9.76. The smallest absolute Gasteiger partial charge is 0.231 e. The first kappa shape index (κ1) is 18.6. The van der Waals surface area contributed by atoms with Gasteiger partial charge in [-0.25, -0.2) is 0 Å². The van der Waals surface area contributed by atoms with Crippen LogP contribution in [0.1, 0.15) is 50.3 Å². The molecule has 1 aromatic rings. The molecule has 6 nitrogen and oxygen atoms in total. The van der Waals surface area contributed by atoms with Crippen LogP contribution in [0.5, 0.6) is 17.2 Å². The number of hydrogen-bond acceptors (Lipinski definition) is 6. The molecule has 0 N–H and O–H groups in total. The largest absolute Gasteiger partial charge is 0.492 e. The van der Waals surface area contributed by atoms with Gasteiger partial charge in [-0.3, -0.25) is 9.69 Å². The zero-order chi connectivity index (χ0) is 19.2. The van der Waals surface area contributed by atoms with Gasteiger partial charge in [0.25, 0.3) is 0 Å². The maximum Gasteiger partial charge on any atom is 0.231 e. The number of ketones is 1. The van der Waals surface area contributed by atoms with E-state index >= 15 is 0 Å². The van der Waals surface area contributed by atoms with Crippen LogP contribution < -0.4 is 14.2 Å². The molecular weight excluding hydrogens is 346 g/mol. The number of hydrogen-bond donors (Lipinski definition) is 0. The Morgan fingerprint density at radius 2 is 2.19 bits per heavy atom. The second-order valence-corrected chi connectivity index (χ2v) is 8.43. The van der Waals surface area contributed by atoms with Crippen molar-refractivity contribution in [2.24, 2.45) is 5.92 Å². The van der Waals surface area contributed by atoms with Gasteiger partial charge in [0, 0.05) is 37.1 Å². The first-order valence-corrected chi connectivity index (χ1v) is 9.76. The lowest BCUT2D eigenvalue weighted by Crippen LogP contribution is -2.39. The zero-order valence-corrected chi connectivity index (χ0v) is 16.7. The van der Waals surface area contributed by atoms with E-state index in [1.54, 1.807) is 7.11 Å². The molecule has 4 rings (SSSR count). The van der Waals surface area contributed by atoms with Crippen molar-refractivity contribution in [3.8, 4) is 17.2 Å². The quantitative estimate of drug-likeness (QED) is 0.806. The summed E-state index contributed by atoms with van der Waals surface area (Å²) in [6.45, 7) is 5.91. The number of carbonyl (C=O) groups is 1. The van der Waals surface area contributed by atoms with Crippen molar-refractivity contribution >= 4 is 5.78 Å². The van der Waals surface area contributed by atoms with Crippen LogP contribution in [0.3, 0.4) is 0 Å². The van der Waals surface area contributed by atoms with E-state index in [0.29, 0.717) is 24.6 Å². The number of ether oxygens (including phenoxy) is 4. The first-order chi connectivity index (χ1) is 12.9. The van der Waals surface area contributed by atoms with E-state index < -0.39 is 0 Å². The van der Waals surface area contributed by atoms with Gasteiger partial charge in [-0.05, 0) is 51.8 Å². The summed E-state index contributed by atoms with van der Waals surface area (Å²) in [4.78, 5) is 15.4. The van der Waals surface area contributed by atoms with Gasteiger partial charge in [0.2, 0.25) is 12.5 Å². The van der Waals surface area contributed by atoms with Gasteiger partial charge < -0.3 is 18.9 Å². The van der Waals surface area contributed by atoms with Gasteiger partial charge in [-0.2, -0.15) is 0 Å². The summed E-state index contributed by atoms with van der Waals surface area (Å²) in [6.07, 6.45) is 2.99. The van der Waals surface area contributed by atoms with Gasteiger partial charge >= 0.3 is 0 Å². The van der Waals surface area contributed by atoms with Gasteiger partial charge in [0.05, 0.1) is 12.7 Å². The van der Waals surface area contributed by atoms with E-state index in [1.165, 1.54) is 5.56 Å². The topological polar surface area (TPSA) is 57.2 Å². The minimum atomic E-state index is -0.224. The van der Waals surface area contributed by atoms with Gasteiger partial charge in [0.1, 0.15) is 5.78 Å². The molecule has 6 heteroatoms. The molecule has 3 heterocycles. The zero-order valence-electron chi connectivity index (χ0n) is 16.7. The van der Waals surface area contributed by atoms with Crippen LogP contribution in [0.2, 0.25) is 0 Å². The molecule has 0 radical (unpaired) electrons. The highest BCUT2D eigenvalue weighted by molar-refractivity contribution is 5.82. The molecular formula is C21H29NO5. The molecule has 3 aliphatic heterocycles. The average Bonchev–Trinajstić information content (AvgIpc) is 3.09. The standard InChI is InChI=1S/C21H29NO5/c1-21(2)11-14(6-8-27-21)16(23)10-15-18-13(5-7-22(15)3)9-17-19(20(18)24-4)26-12-25-17/h9,14-15H,5-8,10-12H2,1-4H3/t14-,15-/m1/s1. The second-order valence-electron chi connectivity index (χ2n) is 8.43. The second kappa shape index (κ2) is 6.99. The van der Waals surface area contributed by atoms with Crippen molar-refractivity contribution in [3.05, 3.63) is 17.2 Å². The number of benzene rings is 1. The van der Waals surface area contributed by atoms with Crippen LogP contribution >= 0.6 is 0 Å². The predicted octanol–water partition coefficient (Wildman–Crippen LogP) is 3.12. The molecule has 0 unspecified atom stereocenters. The Balaban J connectivity index is 1.63. The molecule has 0 bridgehead atoms. The number of fused-ring (bicyclic) bond motifs is 2. The summed E-state index contributed by atoms with van der Waals surface area (Å²) in [6, 6.07) is 2.05. The minimum Gasteiger partial charge on any atom is -0.492 e. The molecule has 0 spiro atoms. The van der Waals surface area contributed by atoms with Gasteiger partial charge in [-0.1, -0.05) is 0 Å². The lowest BCUT2D eigenvalue weighted by atomic mass is 9.81. The van der Waals surface area contributed by atoms with Crippen LogP contribution in [0.25, 0.3) is 0 Å². The van der Waals surface area contributed by atoms with E-state index in [2.05, 4.69) is 31.9 Å². The lowest BCUT2D eigenvalue weighted by Gasteiger charge is -2.38. The van der Waals surface area contributed by atoms with Crippen LogP contribution in [0.4, 0.5) is 0 Å². The number of Topliss-reactive ketones (excluding diaryl/α,β-unsaturated/α-hetero) is 1. The summed E-state index contributed by atoms with van der Waals surface area (Å²) in [5, 5.41) is 0. The maximum absolute atomic E-state index is 13.2. The van der Waals surface area contributed by atoms with Crippen LogP contribution in [0, 0.1) is 5.92 Å². The molecule has 148 valence electrons. The molecule has 3 aliphatic rings. The predicted molar refractivity (Wildman–Crippen MR) is 101 cm³/mol. The third-order valence-electron chi connectivity index (χ3n) is 6.09. The highest BCUT2D eigenvalue weighted by atomic mass is 16.7. The molecule has 27 heavy (non-hydrogen) atoms. The van der Waals surface area contributed by atoms with Crippen molar-refractivity contribution in [1.82, 2.24) is 4.90 Å². The Kier molecular flexibility index (Phi) is 4.80. The van der Waals surface area contributed by atoms with E-state index in [1.807, 2.05) is 0 Å². The number of rotatable bonds is 4. The van der Waals surface area contributed by atoms with E-state index in [-0.39, 0.29) is 24.4 Å². The monoisotopic (exact) mass is 375 g/mol. The summed E-state index contributed by atoms with van der Waals surface area (Å²) in [7, 11) is 3.74. The Bertz CT molecular complexity index is 745. The average molecular weight is 375 g/mol. The molecule has 1 aromatic carbocycles. The molecule has 2 atom stereocenters. The van der Waals surface area contributed by atoms with E-state index in [4.69, 9.17) is 18.9 Å². The van der Waals surface area contributed by atoms with E-state index in [9.17, 15) is 4.79 Å². The molecule has 0 amide bonds. The fourth-order valence-electron chi connectivity index (χ4n) is 4.65. The number of methoxy groups -OCH3 is 1. The lowest BCUT2D eigenvalue weighted by molar-refractivity contribution is -0.134. The normalized spacial score (nSPS) is 26.5. The molecule has 1 saturated heterocycles. The molecule has 0 aliphatic carbocycles. The fraction of sp³-hybridized carbons (Fsp3) is 0.667. The highest BCUT2D eigenvalue weighted by Crippen LogP contribution is 2.50. The summed E-state index contributed by atoms with van der Waals surface area (Å²) < 4.78 is 22.7. The van der Waals surface area contributed by atoms with Gasteiger partial charge in [0.15, 0.2) is 11.5 Å². The Morgan fingerprint density at radius 1 is 1.37 bits per heavy atom. The number of nitrogens with zero attached hydrogens (tertiary/aromatic N) is 1. The van der Waals surface area contributed by atoms with Crippen molar-refractivity contribution in [3.63, 3.8) is 0 Å². The molecule has 1 fully saturated rings. The minimum absolute atomic E-state index is 0.00310. The Labute approximate surface area is 160 Å². The SMILES string of the molecule is COc1c2c(cc3c1[C@@H](CC(=O)[C@@H]1CCOC(C)(C)C1)N(C)CC3)OCO2. The summed E-state index contributed by atoms with van der Waals surface area (Å²) in [5.74, 6) is 2.50. The number of carbonyl (C=O) groups excluding carboxylic acids is 1. The Morgan fingerprint density at radius 3 is 2.93 bits per heavy atom. The van der Waals surface area contributed by atoms with Crippen molar-refractivity contribution in [2.75, 3.05) is 34.1 Å². The maximum atomic E-state index is 13.2. The van der Waals surface area contributed by atoms with Crippen LogP contribution in [-0.2, 0) is 16.0 Å². The molecule has 0 aromatic heterocycles. The van der Waals surface area contributed by atoms with Crippen LogP contribution in [0.15, 0.2) is 6.07 Å². The van der Waals surface area contributed by atoms with Crippen molar-refractivity contribution in [2.45, 2.75) is 51.2 Å². The summed E-state index contributed by atoms with van der Waals surface area (Å²) in [5.41, 5.74) is 2.05. The van der Waals surface area contributed by atoms with Crippen molar-refractivity contribution in [1.29, 1.82) is 0 Å².